The summed E-state index contributed by atoms with van der Waals surface area (Å²) in [6.45, 7) is 1.86. The van der Waals surface area contributed by atoms with Crippen LogP contribution in [0.2, 0.25) is 0 Å². The largest absolute Gasteiger partial charge is 0.342 e. The number of hydrogen-bond donors (Lipinski definition) is 0. The average Bonchev–Trinajstić information content (AvgIpc) is 2.42. The van der Waals surface area contributed by atoms with E-state index in [9.17, 15) is 4.79 Å². The maximum atomic E-state index is 11.6. The Kier molecular flexibility index (Phi) is 5.63. The highest BCUT2D eigenvalue weighted by Crippen LogP contribution is 2.11. The lowest BCUT2D eigenvalue weighted by atomic mass is 10.3. The first-order valence-electron chi connectivity index (χ1n) is 4.76. The molecule has 2 nitrogen and oxygen atoms in total. The molecule has 1 aliphatic heterocycles. The van der Waals surface area contributed by atoms with Gasteiger partial charge in [0, 0.05) is 31.1 Å². The molecule has 0 saturated carbocycles. The van der Waals surface area contributed by atoms with E-state index in [1.165, 1.54) is 5.75 Å². The summed E-state index contributed by atoms with van der Waals surface area (Å²) < 4.78 is 0. The quantitative estimate of drug-likeness (QED) is 0.680. The smallest absolute Gasteiger partial charge is 0.222 e. The lowest BCUT2D eigenvalue weighted by Gasteiger charge is -2.19. The molecule has 0 bridgehead atoms. The first kappa shape index (κ1) is 11.2. The Hall–Kier alpha value is 0.110. The summed E-state index contributed by atoms with van der Waals surface area (Å²) in [5.74, 6) is 3.16. The first-order valence-corrected chi connectivity index (χ1v) is 6.45. The third kappa shape index (κ3) is 4.23. The lowest BCUT2D eigenvalue weighted by Crippen LogP contribution is -2.32. The second kappa shape index (κ2) is 6.55. The summed E-state index contributed by atoms with van der Waals surface area (Å²) >= 11 is 7.48. The molecule has 0 spiro atoms. The van der Waals surface area contributed by atoms with Crippen molar-refractivity contribution in [2.75, 3.05) is 30.5 Å². The van der Waals surface area contributed by atoms with E-state index in [0.717, 1.165) is 31.7 Å². The molecule has 4 heteroatoms. The molecule has 0 radical (unpaired) electrons. The van der Waals surface area contributed by atoms with Crippen LogP contribution in [-0.2, 0) is 4.79 Å². The minimum absolute atomic E-state index is 0.281. The molecule has 1 heterocycles. The molecule has 1 aliphatic rings. The predicted molar refractivity (Wildman–Crippen MR) is 58.5 cm³/mol. The number of nitrogens with zero attached hydrogens (tertiary/aromatic N) is 1. The van der Waals surface area contributed by atoms with E-state index >= 15 is 0 Å². The van der Waals surface area contributed by atoms with Crippen LogP contribution in [0.5, 0.6) is 0 Å². The van der Waals surface area contributed by atoms with Gasteiger partial charge >= 0.3 is 0 Å². The van der Waals surface area contributed by atoms with Crippen molar-refractivity contribution in [3.05, 3.63) is 0 Å². The molecule has 76 valence electrons. The highest BCUT2D eigenvalue weighted by molar-refractivity contribution is 7.99. The normalized spacial score (nSPS) is 18.4. The molecule has 1 rings (SSSR count). The highest BCUT2D eigenvalue weighted by atomic mass is 35.5. The van der Waals surface area contributed by atoms with Gasteiger partial charge in [0.1, 0.15) is 0 Å². The maximum Gasteiger partial charge on any atom is 0.222 e. The Morgan fingerprint density at radius 3 is 3.00 bits per heavy atom. The van der Waals surface area contributed by atoms with Crippen LogP contribution in [-0.4, -0.2) is 41.3 Å². The van der Waals surface area contributed by atoms with E-state index < -0.39 is 0 Å². The van der Waals surface area contributed by atoms with Crippen molar-refractivity contribution in [2.45, 2.75) is 19.3 Å². The summed E-state index contributed by atoms with van der Waals surface area (Å²) in [7, 11) is 0. The third-order valence-corrected chi connectivity index (χ3v) is 3.42. The van der Waals surface area contributed by atoms with Crippen LogP contribution < -0.4 is 0 Å². The zero-order chi connectivity index (χ0) is 9.52. The minimum Gasteiger partial charge on any atom is -0.342 e. The van der Waals surface area contributed by atoms with Crippen LogP contribution in [0.25, 0.3) is 0 Å². The van der Waals surface area contributed by atoms with E-state index in [2.05, 4.69) is 0 Å². The van der Waals surface area contributed by atoms with E-state index in [0.29, 0.717) is 12.3 Å². The zero-order valence-corrected chi connectivity index (χ0v) is 9.37. The number of carbonyl (C=O) groups excluding carboxylic acids is 1. The van der Waals surface area contributed by atoms with Crippen LogP contribution in [0, 0.1) is 0 Å². The van der Waals surface area contributed by atoms with E-state index in [1.54, 1.807) is 0 Å². The molecular formula is C9H16ClNOS. The molecule has 1 fully saturated rings. The Balaban J connectivity index is 2.26. The van der Waals surface area contributed by atoms with Crippen molar-refractivity contribution in [3.8, 4) is 0 Å². The fraction of sp³-hybridized carbons (Fsp3) is 0.889. The van der Waals surface area contributed by atoms with Crippen LogP contribution in [0.15, 0.2) is 0 Å². The number of carbonyl (C=O) groups is 1. The lowest BCUT2D eigenvalue weighted by molar-refractivity contribution is -0.130. The molecule has 1 amide bonds. The Morgan fingerprint density at radius 1 is 1.38 bits per heavy atom. The van der Waals surface area contributed by atoms with Gasteiger partial charge in [0.05, 0.1) is 0 Å². The molecule has 0 aromatic rings. The number of thioether (sulfide) groups is 1. The van der Waals surface area contributed by atoms with E-state index in [-0.39, 0.29) is 5.91 Å². The van der Waals surface area contributed by atoms with Gasteiger partial charge in [-0.25, -0.2) is 0 Å². The van der Waals surface area contributed by atoms with Gasteiger partial charge in [-0.05, 0) is 18.6 Å². The fourth-order valence-corrected chi connectivity index (χ4v) is 2.39. The van der Waals surface area contributed by atoms with E-state index in [1.807, 2.05) is 16.7 Å². The molecule has 0 unspecified atom stereocenters. The SMILES string of the molecule is O=C(CCCCl)N1CCCSCC1. The molecule has 13 heavy (non-hydrogen) atoms. The van der Waals surface area contributed by atoms with Crippen LogP contribution in [0.3, 0.4) is 0 Å². The number of rotatable bonds is 3. The number of halogens is 1. The summed E-state index contributed by atoms with van der Waals surface area (Å²) in [5.41, 5.74) is 0. The van der Waals surface area contributed by atoms with Crippen molar-refractivity contribution in [2.24, 2.45) is 0 Å². The number of alkyl halides is 1. The van der Waals surface area contributed by atoms with Gasteiger partial charge < -0.3 is 4.90 Å². The summed E-state index contributed by atoms with van der Waals surface area (Å²) in [4.78, 5) is 13.5. The second-order valence-electron chi connectivity index (χ2n) is 3.14. The molecule has 0 aromatic heterocycles. The van der Waals surface area contributed by atoms with Gasteiger partial charge in [0.2, 0.25) is 5.91 Å². The standard InChI is InChI=1S/C9H16ClNOS/c10-4-1-3-9(12)11-5-2-7-13-8-6-11/h1-8H2. The van der Waals surface area contributed by atoms with Crippen molar-refractivity contribution in [1.29, 1.82) is 0 Å². The van der Waals surface area contributed by atoms with Gasteiger partial charge in [-0.15, -0.1) is 11.6 Å². The average molecular weight is 222 g/mol. The molecule has 0 atom stereocenters. The van der Waals surface area contributed by atoms with Gasteiger partial charge in [-0.2, -0.15) is 11.8 Å². The van der Waals surface area contributed by atoms with Crippen LogP contribution in [0.4, 0.5) is 0 Å². The Labute approximate surface area is 89.0 Å². The van der Waals surface area contributed by atoms with Gasteiger partial charge in [-0.3, -0.25) is 4.79 Å². The Morgan fingerprint density at radius 2 is 2.23 bits per heavy atom. The summed E-state index contributed by atoms with van der Waals surface area (Å²) in [6.07, 6.45) is 2.56. The van der Waals surface area contributed by atoms with Gasteiger partial charge in [-0.1, -0.05) is 0 Å². The van der Waals surface area contributed by atoms with Gasteiger partial charge in [0.25, 0.3) is 0 Å². The van der Waals surface area contributed by atoms with Crippen molar-refractivity contribution < 1.29 is 4.79 Å². The monoisotopic (exact) mass is 221 g/mol. The molecule has 1 saturated heterocycles. The Bertz CT molecular complexity index is 158. The molecule has 0 aliphatic carbocycles. The minimum atomic E-state index is 0.281. The fourth-order valence-electron chi connectivity index (χ4n) is 1.37. The summed E-state index contributed by atoms with van der Waals surface area (Å²) in [6, 6.07) is 0. The van der Waals surface area contributed by atoms with E-state index in [4.69, 9.17) is 11.6 Å². The zero-order valence-electron chi connectivity index (χ0n) is 7.80. The molecule has 0 aromatic carbocycles. The molecule has 0 N–H and O–H groups in total. The summed E-state index contributed by atoms with van der Waals surface area (Å²) in [5, 5.41) is 0. The number of amides is 1. The van der Waals surface area contributed by atoms with Crippen LogP contribution >= 0.6 is 23.4 Å². The van der Waals surface area contributed by atoms with Crippen LogP contribution in [0.1, 0.15) is 19.3 Å². The van der Waals surface area contributed by atoms with Gasteiger partial charge in [0.15, 0.2) is 0 Å². The van der Waals surface area contributed by atoms with Crippen molar-refractivity contribution >= 4 is 29.3 Å². The third-order valence-electron chi connectivity index (χ3n) is 2.10. The molecular weight excluding hydrogens is 206 g/mol. The topological polar surface area (TPSA) is 20.3 Å². The number of hydrogen-bond acceptors (Lipinski definition) is 2. The first-order chi connectivity index (χ1) is 6.34. The maximum absolute atomic E-state index is 11.6. The highest BCUT2D eigenvalue weighted by Gasteiger charge is 2.14. The van der Waals surface area contributed by atoms with Crippen molar-refractivity contribution in [1.82, 2.24) is 4.90 Å². The second-order valence-corrected chi connectivity index (χ2v) is 4.74. The predicted octanol–water partition coefficient (Wildman–Crippen LogP) is 1.97. The van der Waals surface area contributed by atoms with Crippen molar-refractivity contribution in [3.63, 3.8) is 0 Å².